The molecule has 0 aliphatic rings. The Bertz CT molecular complexity index is 581. The Balaban J connectivity index is 1.78. The summed E-state index contributed by atoms with van der Waals surface area (Å²) < 4.78 is 0. The molecule has 1 amide bonds. The van der Waals surface area contributed by atoms with Crippen LogP contribution in [0.1, 0.15) is 12.0 Å². The van der Waals surface area contributed by atoms with Gasteiger partial charge in [-0.15, -0.1) is 0 Å². The van der Waals surface area contributed by atoms with Crippen LogP contribution < -0.4 is 10.6 Å². The SMILES string of the molecule is Cc1ccccc1NCCC(=O)Nc1ccc(Cl)cc1. The van der Waals surface area contributed by atoms with Crippen molar-refractivity contribution in [3.8, 4) is 0 Å². The highest BCUT2D eigenvalue weighted by molar-refractivity contribution is 6.30. The zero-order chi connectivity index (χ0) is 14.4. The molecular weight excluding hydrogens is 272 g/mol. The molecule has 0 aliphatic heterocycles. The van der Waals surface area contributed by atoms with Gasteiger partial charge in [0.25, 0.3) is 0 Å². The van der Waals surface area contributed by atoms with Crippen LogP contribution in [0.4, 0.5) is 11.4 Å². The normalized spacial score (nSPS) is 10.1. The Kier molecular flexibility index (Phi) is 5.02. The molecule has 0 heterocycles. The van der Waals surface area contributed by atoms with E-state index in [9.17, 15) is 4.79 Å². The molecule has 0 saturated heterocycles. The van der Waals surface area contributed by atoms with Gasteiger partial charge in [0.15, 0.2) is 0 Å². The van der Waals surface area contributed by atoms with Gasteiger partial charge in [0.05, 0.1) is 0 Å². The number of nitrogens with one attached hydrogen (secondary N) is 2. The Morgan fingerprint density at radius 2 is 1.80 bits per heavy atom. The molecule has 0 atom stereocenters. The minimum atomic E-state index is -0.0200. The second-order valence-corrected chi connectivity index (χ2v) is 4.98. The number of aryl methyl sites for hydroxylation is 1. The maximum Gasteiger partial charge on any atom is 0.226 e. The Morgan fingerprint density at radius 1 is 1.10 bits per heavy atom. The van der Waals surface area contributed by atoms with Crippen molar-refractivity contribution < 1.29 is 4.79 Å². The summed E-state index contributed by atoms with van der Waals surface area (Å²) in [5.74, 6) is -0.0200. The fourth-order valence-electron chi connectivity index (χ4n) is 1.84. The van der Waals surface area contributed by atoms with Crippen LogP contribution in [0.25, 0.3) is 0 Å². The maximum atomic E-state index is 11.8. The summed E-state index contributed by atoms with van der Waals surface area (Å²) in [6.07, 6.45) is 0.414. The van der Waals surface area contributed by atoms with E-state index in [1.54, 1.807) is 24.3 Å². The second kappa shape index (κ2) is 6.96. The minimum absolute atomic E-state index is 0.0200. The van der Waals surface area contributed by atoms with Crippen LogP contribution in [-0.2, 0) is 4.79 Å². The van der Waals surface area contributed by atoms with E-state index in [1.807, 2.05) is 31.2 Å². The fourth-order valence-corrected chi connectivity index (χ4v) is 1.96. The predicted molar refractivity (Wildman–Crippen MR) is 84.4 cm³/mol. The van der Waals surface area contributed by atoms with Crippen molar-refractivity contribution in [3.63, 3.8) is 0 Å². The van der Waals surface area contributed by atoms with Gasteiger partial charge in [-0.25, -0.2) is 0 Å². The molecule has 104 valence electrons. The highest BCUT2D eigenvalue weighted by atomic mass is 35.5. The Labute approximate surface area is 124 Å². The van der Waals surface area contributed by atoms with Crippen molar-refractivity contribution >= 4 is 28.9 Å². The molecule has 0 saturated carbocycles. The van der Waals surface area contributed by atoms with E-state index in [-0.39, 0.29) is 5.91 Å². The van der Waals surface area contributed by atoms with Gasteiger partial charge in [0, 0.05) is 29.4 Å². The third-order valence-corrected chi connectivity index (χ3v) is 3.19. The zero-order valence-electron chi connectivity index (χ0n) is 11.3. The molecule has 0 radical (unpaired) electrons. The number of para-hydroxylation sites is 1. The number of halogens is 1. The van der Waals surface area contributed by atoms with Crippen LogP contribution in [-0.4, -0.2) is 12.5 Å². The van der Waals surface area contributed by atoms with E-state index in [0.717, 1.165) is 11.4 Å². The first kappa shape index (κ1) is 14.4. The number of carbonyl (C=O) groups excluding carboxylic acids is 1. The molecule has 4 heteroatoms. The fraction of sp³-hybridized carbons (Fsp3) is 0.188. The van der Waals surface area contributed by atoms with Gasteiger partial charge in [-0.1, -0.05) is 29.8 Å². The third kappa shape index (κ3) is 4.28. The summed E-state index contributed by atoms with van der Waals surface area (Å²) in [6.45, 7) is 2.64. The third-order valence-electron chi connectivity index (χ3n) is 2.94. The number of amides is 1. The van der Waals surface area contributed by atoms with Crippen LogP contribution in [0.2, 0.25) is 5.02 Å². The standard InChI is InChI=1S/C16H17ClN2O/c1-12-4-2-3-5-15(12)18-11-10-16(20)19-14-8-6-13(17)7-9-14/h2-9,18H,10-11H2,1H3,(H,19,20). The van der Waals surface area contributed by atoms with Gasteiger partial charge in [-0.05, 0) is 42.8 Å². The monoisotopic (exact) mass is 288 g/mol. The lowest BCUT2D eigenvalue weighted by Crippen LogP contribution is -2.16. The first-order chi connectivity index (χ1) is 9.65. The van der Waals surface area contributed by atoms with Crippen molar-refractivity contribution in [3.05, 3.63) is 59.1 Å². The van der Waals surface area contributed by atoms with Gasteiger partial charge in [0.2, 0.25) is 5.91 Å². The molecule has 0 spiro atoms. The molecule has 0 fully saturated rings. The van der Waals surface area contributed by atoms with Gasteiger partial charge in [-0.3, -0.25) is 4.79 Å². The Hall–Kier alpha value is -2.00. The zero-order valence-corrected chi connectivity index (χ0v) is 12.1. The highest BCUT2D eigenvalue weighted by Crippen LogP contribution is 2.14. The highest BCUT2D eigenvalue weighted by Gasteiger charge is 2.03. The number of anilines is 2. The quantitative estimate of drug-likeness (QED) is 0.870. The molecule has 0 aliphatic carbocycles. The molecule has 0 bridgehead atoms. The van der Waals surface area contributed by atoms with Gasteiger partial charge >= 0.3 is 0 Å². The van der Waals surface area contributed by atoms with Crippen LogP contribution >= 0.6 is 11.6 Å². The molecule has 3 nitrogen and oxygen atoms in total. The lowest BCUT2D eigenvalue weighted by molar-refractivity contribution is -0.115. The lowest BCUT2D eigenvalue weighted by atomic mass is 10.2. The first-order valence-electron chi connectivity index (χ1n) is 6.50. The molecule has 2 aromatic rings. The van der Waals surface area contributed by atoms with Crippen LogP contribution in [0.15, 0.2) is 48.5 Å². The van der Waals surface area contributed by atoms with E-state index >= 15 is 0 Å². The van der Waals surface area contributed by atoms with Gasteiger partial charge < -0.3 is 10.6 Å². The number of hydrogen-bond donors (Lipinski definition) is 2. The summed E-state index contributed by atoms with van der Waals surface area (Å²) in [4.78, 5) is 11.8. The van der Waals surface area contributed by atoms with Crippen LogP contribution in [0.5, 0.6) is 0 Å². The summed E-state index contributed by atoms with van der Waals surface area (Å²) in [7, 11) is 0. The van der Waals surface area contributed by atoms with Gasteiger partial charge in [0.1, 0.15) is 0 Å². The van der Waals surface area contributed by atoms with E-state index in [0.29, 0.717) is 18.0 Å². The maximum absolute atomic E-state index is 11.8. The number of hydrogen-bond acceptors (Lipinski definition) is 2. The van der Waals surface area contributed by atoms with Crippen molar-refractivity contribution in [2.24, 2.45) is 0 Å². The van der Waals surface area contributed by atoms with Crippen molar-refractivity contribution in [2.45, 2.75) is 13.3 Å². The number of rotatable bonds is 5. The topological polar surface area (TPSA) is 41.1 Å². The van der Waals surface area contributed by atoms with Crippen molar-refractivity contribution in [1.82, 2.24) is 0 Å². The summed E-state index contributed by atoms with van der Waals surface area (Å²) >= 11 is 5.79. The number of carbonyl (C=O) groups is 1. The molecule has 0 unspecified atom stereocenters. The minimum Gasteiger partial charge on any atom is -0.384 e. The smallest absolute Gasteiger partial charge is 0.226 e. The van der Waals surface area contributed by atoms with Gasteiger partial charge in [-0.2, -0.15) is 0 Å². The van der Waals surface area contributed by atoms with E-state index in [1.165, 1.54) is 5.56 Å². The van der Waals surface area contributed by atoms with E-state index in [2.05, 4.69) is 10.6 Å². The summed E-state index contributed by atoms with van der Waals surface area (Å²) in [5, 5.41) is 6.75. The molecular formula is C16H17ClN2O. The average molecular weight is 289 g/mol. The molecule has 20 heavy (non-hydrogen) atoms. The molecule has 2 rings (SSSR count). The number of benzene rings is 2. The summed E-state index contributed by atoms with van der Waals surface area (Å²) in [5.41, 5.74) is 2.99. The van der Waals surface area contributed by atoms with E-state index in [4.69, 9.17) is 11.6 Å². The first-order valence-corrected chi connectivity index (χ1v) is 6.88. The van der Waals surface area contributed by atoms with Crippen LogP contribution in [0.3, 0.4) is 0 Å². The summed E-state index contributed by atoms with van der Waals surface area (Å²) in [6, 6.07) is 15.1. The van der Waals surface area contributed by atoms with E-state index < -0.39 is 0 Å². The average Bonchev–Trinajstić information content (AvgIpc) is 2.43. The lowest BCUT2D eigenvalue weighted by Gasteiger charge is -2.09. The van der Waals surface area contributed by atoms with Crippen molar-refractivity contribution in [1.29, 1.82) is 0 Å². The van der Waals surface area contributed by atoms with Crippen molar-refractivity contribution in [2.75, 3.05) is 17.2 Å². The second-order valence-electron chi connectivity index (χ2n) is 4.55. The van der Waals surface area contributed by atoms with Crippen LogP contribution in [0, 0.1) is 6.92 Å². The molecule has 2 aromatic carbocycles. The molecule has 2 N–H and O–H groups in total. The predicted octanol–water partition coefficient (Wildman–Crippen LogP) is 4.09. The Morgan fingerprint density at radius 3 is 2.50 bits per heavy atom. The largest absolute Gasteiger partial charge is 0.384 e. The molecule has 0 aromatic heterocycles.